The molecule has 4 heteroatoms. The Labute approximate surface area is 115 Å². The van der Waals surface area contributed by atoms with Crippen LogP contribution in [0.1, 0.15) is 65.2 Å². The van der Waals surface area contributed by atoms with Gasteiger partial charge in [-0.3, -0.25) is 9.59 Å². The molecule has 0 aromatic rings. The fourth-order valence-corrected chi connectivity index (χ4v) is 2.49. The quantitative estimate of drug-likeness (QED) is 0.720. The van der Waals surface area contributed by atoms with E-state index >= 15 is 0 Å². The summed E-state index contributed by atoms with van der Waals surface area (Å²) in [5.74, 6) is -1.25. The average molecular weight is 270 g/mol. The Hall–Kier alpha value is -1.06. The van der Waals surface area contributed by atoms with Crippen molar-refractivity contribution in [1.29, 1.82) is 0 Å². The minimum Gasteiger partial charge on any atom is -0.481 e. The molecular weight excluding hydrogens is 244 g/mol. The van der Waals surface area contributed by atoms with Gasteiger partial charge in [-0.25, -0.2) is 0 Å². The molecule has 0 heterocycles. The molecule has 1 aliphatic carbocycles. The van der Waals surface area contributed by atoms with Crippen LogP contribution in [0.4, 0.5) is 0 Å². The Kier molecular flexibility index (Phi) is 6.89. The maximum Gasteiger partial charge on any atom is 0.309 e. The molecule has 0 spiro atoms. The van der Waals surface area contributed by atoms with Crippen molar-refractivity contribution < 1.29 is 19.4 Å². The SMILES string of the molecule is CC(C)CCC(CC(=O)O)C(=O)OC1CCCCC1. The van der Waals surface area contributed by atoms with Crippen LogP contribution >= 0.6 is 0 Å². The number of carbonyl (C=O) groups is 2. The zero-order valence-corrected chi connectivity index (χ0v) is 12.1. The third kappa shape index (κ3) is 6.60. The predicted octanol–water partition coefficient (Wildman–Crippen LogP) is 3.39. The second-order valence-electron chi connectivity index (χ2n) is 5.96. The minimum atomic E-state index is -0.922. The molecule has 0 bridgehead atoms. The standard InChI is InChI=1S/C15H26O4/c1-11(2)8-9-12(10-14(16)17)15(18)19-13-6-4-3-5-7-13/h11-13H,3-10H2,1-2H3,(H,16,17). The molecular formula is C15H26O4. The highest BCUT2D eigenvalue weighted by atomic mass is 16.5. The first-order chi connectivity index (χ1) is 8.99. The van der Waals surface area contributed by atoms with E-state index in [-0.39, 0.29) is 18.5 Å². The van der Waals surface area contributed by atoms with Crippen LogP contribution < -0.4 is 0 Å². The molecule has 0 aliphatic heterocycles. The molecule has 1 rings (SSSR count). The Morgan fingerprint density at radius 2 is 1.79 bits per heavy atom. The summed E-state index contributed by atoms with van der Waals surface area (Å²) in [6.45, 7) is 4.15. The molecule has 1 aliphatic rings. The zero-order valence-electron chi connectivity index (χ0n) is 12.1. The van der Waals surface area contributed by atoms with E-state index < -0.39 is 11.9 Å². The number of hydrogen-bond acceptors (Lipinski definition) is 3. The zero-order chi connectivity index (χ0) is 14.3. The van der Waals surface area contributed by atoms with Gasteiger partial charge in [-0.1, -0.05) is 26.7 Å². The molecule has 19 heavy (non-hydrogen) atoms. The topological polar surface area (TPSA) is 63.6 Å². The van der Waals surface area contributed by atoms with E-state index in [0.29, 0.717) is 12.3 Å². The highest BCUT2D eigenvalue weighted by molar-refractivity contribution is 5.79. The van der Waals surface area contributed by atoms with Gasteiger partial charge in [0.2, 0.25) is 0 Å². The molecule has 0 amide bonds. The number of carboxylic acids is 1. The summed E-state index contributed by atoms with van der Waals surface area (Å²) < 4.78 is 5.48. The third-order valence-electron chi connectivity index (χ3n) is 3.68. The van der Waals surface area contributed by atoms with Crippen molar-refractivity contribution in [3.05, 3.63) is 0 Å². The summed E-state index contributed by atoms with van der Waals surface area (Å²) in [6, 6.07) is 0. The average Bonchev–Trinajstić information content (AvgIpc) is 2.35. The smallest absolute Gasteiger partial charge is 0.309 e. The van der Waals surface area contributed by atoms with Gasteiger partial charge < -0.3 is 9.84 Å². The van der Waals surface area contributed by atoms with Crippen molar-refractivity contribution >= 4 is 11.9 Å². The van der Waals surface area contributed by atoms with Crippen LogP contribution in [0.25, 0.3) is 0 Å². The van der Waals surface area contributed by atoms with Crippen LogP contribution in [0.5, 0.6) is 0 Å². The van der Waals surface area contributed by atoms with Gasteiger partial charge in [-0.05, 0) is 38.0 Å². The van der Waals surface area contributed by atoms with Gasteiger partial charge in [0, 0.05) is 0 Å². The van der Waals surface area contributed by atoms with Crippen molar-refractivity contribution in [1.82, 2.24) is 0 Å². The molecule has 0 radical (unpaired) electrons. The second kappa shape index (κ2) is 8.18. The van der Waals surface area contributed by atoms with Crippen LogP contribution in [0.2, 0.25) is 0 Å². The molecule has 1 saturated carbocycles. The minimum absolute atomic E-state index is 0.0107. The molecule has 110 valence electrons. The lowest BCUT2D eigenvalue weighted by atomic mass is 9.94. The van der Waals surface area contributed by atoms with Crippen LogP contribution in [0.15, 0.2) is 0 Å². The summed E-state index contributed by atoms with van der Waals surface area (Å²) >= 11 is 0. The normalized spacial score (nSPS) is 18.3. The number of rotatable bonds is 7. The van der Waals surface area contributed by atoms with Gasteiger partial charge >= 0.3 is 11.9 Å². The maximum absolute atomic E-state index is 12.1. The summed E-state index contributed by atoms with van der Waals surface area (Å²) in [5.41, 5.74) is 0. The fraction of sp³-hybridized carbons (Fsp3) is 0.867. The largest absolute Gasteiger partial charge is 0.481 e. The highest BCUT2D eigenvalue weighted by Gasteiger charge is 2.26. The highest BCUT2D eigenvalue weighted by Crippen LogP contribution is 2.24. The van der Waals surface area contributed by atoms with Crippen molar-refractivity contribution in [3.8, 4) is 0 Å². The monoisotopic (exact) mass is 270 g/mol. The Morgan fingerprint density at radius 1 is 1.16 bits per heavy atom. The molecule has 1 N–H and O–H groups in total. The lowest BCUT2D eigenvalue weighted by Crippen LogP contribution is -2.27. The van der Waals surface area contributed by atoms with Crippen LogP contribution in [-0.2, 0) is 14.3 Å². The molecule has 0 aromatic heterocycles. The van der Waals surface area contributed by atoms with E-state index in [1.807, 2.05) is 0 Å². The maximum atomic E-state index is 12.1. The van der Waals surface area contributed by atoms with Gasteiger partial charge in [-0.15, -0.1) is 0 Å². The molecule has 0 aromatic carbocycles. The summed E-state index contributed by atoms with van der Waals surface area (Å²) in [5, 5.41) is 8.90. The van der Waals surface area contributed by atoms with E-state index in [4.69, 9.17) is 9.84 Å². The molecule has 1 unspecified atom stereocenters. The van der Waals surface area contributed by atoms with E-state index in [2.05, 4.69) is 13.8 Å². The molecule has 0 saturated heterocycles. The Bertz CT molecular complexity index is 293. The van der Waals surface area contributed by atoms with Crippen molar-refractivity contribution in [2.24, 2.45) is 11.8 Å². The van der Waals surface area contributed by atoms with Gasteiger partial charge in [0.25, 0.3) is 0 Å². The number of hydrogen-bond donors (Lipinski definition) is 1. The summed E-state index contributed by atoms with van der Waals surface area (Å²) in [6.07, 6.45) is 6.63. The second-order valence-corrected chi connectivity index (χ2v) is 5.96. The van der Waals surface area contributed by atoms with E-state index in [1.54, 1.807) is 0 Å². The first-order valence-electron chi connectivity index (χ1n) is 7.41. The van der Waals surface area contributed by atoms with Crippen LogP contribution in [0, 0.1) is 11.8 Å². The Morgan fingerprint density at radius 3 is 2.32 bits per heavy atom. The number of carbonyl (C=O) groups excluding carboxylic acids is 1. The van der Waals surface area contributed by atoms with E-state index in [0.717, 1.165) is 32.1 Å². The van der Waals surface area contributed by atoms with Gasteiger partial charge in [0.05, 0.1) is 12.3 Å². The summed E-state index contributed by atoms with van der Waals surface area (Å²) in [4.78, 5) is 22.9. The number of esters is 1. The molecule has 1 fully saturated rings. The van der Waals surface area contributed by atoms with Gasteiger partial charge in [0.15, 0.2) is 0 Å². The lowest BCUT2D eigenvalue weighted by molar-refractivity contribution is -0.159. The van der Waals surface area contributed by atoms with Crippen molar-refractivity contribution in [2.45, 2.75) is 71.3 Å². The van der Waals surface area contributed by atoms with Crippen molar-refractivity contribution in [2.75, 3.05) is 0 Å². The number of carboxylic acid groups (broad SMARTS) is 1. The van der Waals surface area contributed by atoms with E-state index in [1.165, 1.54) is 6.42 Å². The molecule has 1 atom stereocenters. The van der Waals surface area contributed by atoms with Gasteiger partial charge in [0.1, 0.15) is 6.10 Å². The van der Waals surface area contributed by atoms with Crippen LogP contribution in [0.3, 0.4) is 0 Å². The lowest BCUT2D eigenvalue weighted by Gasteiger charge is -2.24. The number of ether oxygens (including phenoxy) is 1. The van der Waals surface area contributed by atoms with Crippen LogP contribution in [-0.4, -0.2) is 23.1 Å². The summed E-state index contributed by atoms with van der Waals surface area (Å²) in [7, 11) is 0. The fourth-order valence-electron chi connectivity index (χ4n) is 2.49. The van der Waals surface area contributed by atoms with Crippen molar-refractivity contribution in [3.63, 3.8) is 0 Å². The molecule has 4 nitrogen and oxygen atoms in total. The van der Waals surface area contributed by atoms with E-state index in [9.17, 15) is 9.59 Å². The first kappa shape index (κ1) is 16.0. The first-order valence-corrected chi connectivity index (χ1v) is 7.41. The Balaban J connectivity index is 2.46. The predicted molar refractivity (Wildman–Crippen MR) is 72.8 cm³/mol. The number of aliphatic carboxylic acids is 1. The van der Waals surface area contributed by atoms with Gasteiger partial charge in [-0.2, -0.15) is 0 Å². The third-order valence-corrected chi connectivity index (χ3v) is 3.68.